The van der Waals surface area contributed by atoms with Crippen molar-refractivity contribution in [3.05, 3.63) is 65.5 Å². The maximum absolute atomic E-state index is 13.0. The monoisotopic (exact) mass is 571 g/mol. The Labute approximate surface area is 213 Å². The van der Waals surface area contributed by atoms with Crippen molar-refractivity contribution in [1.82, 2.24) is 10.6 Å². The van der Waals surface area contributed by atoms with Crippen LogP contribution in [-0.4, -0.2) is 50.0 Å². The Kier molecular flexibility index (Phi) is 11.9. The van der Waals surface area contributed by atoms with Crippen LogP contribution in [0.25, 0.3) is 0 Å². The van der Waals surface area contributed by atoms with Crippen molar-refractivity contribution < 1.29 is 19.0 Å². The van der Waals surface area contributed by atoms with Gasteiger partial charge in [0, 0.05) is 25.6 Å². The molecule has 3 atom stereocenters. The van der Waals surface area contributed by atoms with Gasteiger partial charge in [0.1, 0.15) is 24.3 Å². The van der Waals surface area contributed by atoms with Gasteiger partial charge in [-0.2, -0.15) is 0 Å². The van der Waals surface area contributed by atoms with Gasteiger partial charge in [-0.1, -0.05) is 29.8 Å². The first-order valence-electron chi connectivity index (χ1n) is 11.3. The number of guanidine groups is 1. The minimum atomic E-state index is -0.770. The molecule has 0 saturated carbocycles. The van der Waals surface area contributed by atoms with E-state index in [1.165, 1.54) is 35.4 Å². The Morgan fingerprint density at radius 3 is 2.61 bits per heavy atom. The lowest BCUT2D eigenvalue weighted by Gasteiger charge is -2.32. The van der Waals surface area contributed by atoms with Gasteiger partial charge in [0.2, 0.25) is 0 Å². The highest BCUT2D eigenvalue weighted by molar-refractivity contribution is 14.0. The summed E-state index contributed by atoms with van der Waals surface area (Å²) < 4.78 is 24.6. The minimum Gasteiger partial charge on any atom is -0.491 e. The molecule has 3 N–H and O–H groups in total. The van der Waals surface area contributed by atoms with Gasteiger partial charge in [-0.15, -0.1) is 24.0 Å². The highest BCUT2D eigenvalue weighted by Crippen LogP contribution is 2.33. The fourth-order valence-corrected chi connectivity index (χ4v) is 3.72. The normalized spacial score (nSPS) is 19.3. The molecule has 3 rings (SSSR count). The second-order valence-corrected chi connectivity index (χ2v) is 8.12. The highest BCUT2D eigenvalue weighted by atomic mass is 127. The second kappa shape index (κ2) is 14.4. The number of halogens is 2. The number of aryl methyl sites for hydroxylation is 1. The molecule has 0 aromatic heterocycles. The van der Waals surface area contributed by atoms with Crippen LogP contribution in [0.1, 0.15) is 37.0 Å². The van der Waals surface area contributed by atoms with Crippen LogP contribution in [0.15, 0.2) is 53.5 Å². The molecule has 6 nitrogen and oxygen atoms in total. The predicted octanol–water partition coefficient (Wildman–Crippen LogP) is 4.21. The number of ether oxygens (including phenoxy) is 2. The summed E-state index contributed by atoms with van der Waals surface area (Å²) in [5.74, 6) is 1.18. The summed E-state index contributed by atoms with van der Waals surface area (Å²) in [5, 5.41) is 16.9. The zero-order chi connectivity index (χ0) is 22.8. The molecule has 2 aromatic carbocycles. The number of nitrogens with zero attached hydrogens (tertiary/aromatic N) is 1. The first kappa shape index (κ1) is 27.3. The fraction of sp³-hybridized carbons (Fsp3) is 0.480. The molecule has 33 heavy (non-hydrogen) atoms. The van der Waals surface area contributed by atoms with Crippen molar-refractivity contribution >= 4 is 29.9 Å². The summed E-state index contributed by atoms with van der Waals surface area (Å²) in [6.07, 6.45) is 1.42. The van der Waals surface area contributed by atoms with Gasteiger partial charge < -0.3 is 25.2 Å². The molecule has 8 heteroatoms. The lowest BCUT2D eigenvalue weighted by Crippen LogP contribution is -2.42. The quantitative estimate of drug-likeness (QED) is 0.239. The zero-order valence-electron chi connectivity index (χ0n) is 19.3. The number of nitrogens with one attached hydrogen (secondary N) is 2. The molecule has 3 unspecified atom stereocenters. The average molecular weight is 571 g/mol. The molecule has 0 bridgehead atoms. The van der Waals surface area contributed by atoms with E-state index in [9.17, 15) is 9.50 Å². The number of rotatable bonds is 9. The van der Waals surface area contributed by atoms with Crippen molar-refractivity contribution in [3.8, 4) is 5.75 Å². The summed E-state index contributed by atoms with van der Waals surface area (Å²) >= 11 is 0. The predicted molar refractivity (Wildman–Crippen MR) is 140 cm³/mol. The van der Waals surface area contributed by atoms with E-state index in [1.807, 2.05) is 6.92 Å². The Hall–Kier alpha value is -1.91. The van der Waals surface area contributed by atoms with E-state index in [2.05, 4.69) is 46.8 Å². The van der Waals surface area contributed by atoms with Crippen LogP contribution in [0.5, 0.6) is 5.75 Å². The number of aliphatic hydroxyl groups excluding tert-OH is 1. The van der Waals surface area contributed by atoms with E-state index in [-0.39, 0.29) is 49.0 Å². The molecular formula is C25H35FIN3O3. The number of hydrogen-bond donors (Lipinski definition) is 3. The SMILES string of the molecule is CCNC(=NCC(O)COc1ccc(F)cc1)NCC1CCCOC1c1ccc(C)cc1.I. The number of hydrogen-bond acceptors (Lipinski definition) is 4. The van der Waals surface area contributed by atoms with Gasteiger partial charge in [0.15, 0.2) is 5.96 Å². The topological polar surface area (TPSA) is 75.1 Å². The van der Waals surface area contributed by atoms with Gasteiger partial charge >= 0.3 is 0 Å². The van der Waals surface area contributed by atoms with Crippen molar-refractivity contribution in [2.45, 2.75) is 38.9 Å². The van der Waals surface area contributed by atoms with Crippen LogP contribution in [-0.2, 0) is 4.74 Å². The lowest BCUT2D eigenvalue weighted by atomic mass is 9.89. The average Bonchev–Trinajstić information content (AvgIpc) is 2.81. The molecule has 1 aliphatic heterocycles. The Bertz CT molecular complexity index is 849. The van der Waals surface area contributed by atoms with Crippen molar-refractivity contribution in [2.24, 2.45) is 10.9 Å². The molecule has 1 heterocycles. The van der Waals surface area contributed by atoms with Crippen LogP contribution in [0.4, 0.5) is 4.39 Å². The minimum absolute atomic E-state index is 0. The smallest absolute Gasteiger partial charge is 0.191 e. The van der Waals surface area contributed by atoms with Crippen molar-refractivity contribution in [1.29, 1.82) is 0 Å². The van der Waals surface area contributed by atoms with Gasteiger partial charge in [-0.25, -0.2) is 4.39 Å². The lowest BCUT2D eigenvalue weighted by molar-refractivity contribution is -0.0265. The third-order valence-electron chi connectivity index (χ3n) is 5.44. The maximum Gasteiger partial charge on any atom is 0.191 e. The zero-order valence-corrected chi connectivity index (χ0v) is 21.6. The summed E-state index contributed by atoms with van der Waals surface area (Å²) in [5.41, 5.74) is 2.44. The van der Waals surface area contributed by atoms with E-state index < -0.39 is 6.10 Å². The first-order chi connectivity index (χ1) is 15.5. The van der Waals surface area contributed by atoms with Gasteiger partial charge in [-0.3, -0.25) is 4.99 Å². The molecule has 0 aliphatic carbocycles. The van der Waals surface area contributed by atoms with Gasteiger partial charge in [0.05, 0.1) is 12.6 Å². The Morgan fingerprint density at radius 1 is 1.18 bits per heavy atom. The third-order valence-corrected chi connectivity index (χ3v) is 5.44. The van der Waals surface area contributed by atoms with E-state index in [1.54, 1.807) is 0 Å². The van der Waals surface area contributed by atoms with Crippen molar-refractivity contribution in [3.63, 3.8) is 0 Å². The second-order valence-electron chi connectivity index (χ2n) is 8.12. The van der Waals surface area contributed by atoms with Crippen LogP contribution in [0, 0.1) is 18.7 Å². The maximum atomic E-state index is 13.0. The largest absolute Gasteiger partial charge is 0.491 e. The van der Waals surface area contributed by atoms with Gasteiger partial charge in [-0.05, 0) is 56.5 Å². The van der Waals surface area contributed by atoms with Crippen LogP contribution in [0.2, 0.25) is 0 Å². The van der Waals surface area contributed by atoms with Crippen molar-refractivity contribution in [2.75, 3.05) is 32.8 Å². The third kappa shape index (κ3) is 9.10. The summed E-state index contributed by atoms with van der Waals surface area (Å²) in [6.45, 7) is 6.60. The van der Waals surface area contributed by atoms with E-state index >= 15 is 0 Å². The van der Waals surface area contributed by atoms with Gasteiger partial charge in [0.25, 0.3) is 0 Å². The first-order valence-corrected chi connectivity index (χ1v) is 11.3. The molecule has 1 fully saturated rings. The molecular weight excluding hydrogens is 536 g/mol. The van der Waals surface area contributed by atoms with E-state index in [0.717, 1.165) is 32.5 Å². The highest BCUT2D eigenvalue weighted by Gasteiger charge is 2.27. The molecule has 0 radical (unpaired) electrons. The van der Waals surface area contributed by atoms with E-state index in [0.29, 0.717) is 17.6 Å². The number of benzene rings is 2. The Balaban J connectivity index is 0.00000385. The van der Waals surface area contributed by atoms with E-state index in [4.69, 9.17) is 9.47 Å². The summed E-state index contributed by atoms with van der Waals surface area (Å²) in [6, 6.07) is 14.3. The van der Waals surface area contributed by atoms with Crippen LogP contribution < -0.4 is 15.4 Å². The molecule has 182 valence electrons. The summed E-state index contributed by atoms with van der Waals surface area (Å²) in [4.78, 5) is 4.50. The standard InChI is InChI=1S/C25H34FN3O3.HI/c1-3-27-25(29-16-22(30)17-32-23-12-10-21(26)11-13-23)28-15-20-5-4-14-31-24(20)19-8-6-18(2)7-9-19;/h6-13,20,22,24,30H,3-5,14-17H2,1-2H3,(H2,27,28,29);1H. The molecule has 0 amide bonds. The molecule has 2 aromatic rings. The Morgan fingerprint density at radius 2 is 1.91 bits per heavy atom. The van der Waals surface area contributed by atoms with Crippen LogP contribution in [0.3, 0.4) is 0 Å². The summed E-state index contributed by atoms with van der Waals surface area (Å²) in [7, 11) is 0. The molecule has 1 aliphatic rings. The number of aliphatic imine (C=N–C) groups is 1. The molecule has 0 spiro atoms. The number of aliphatic hydroxyl groups is 1. The van der Waals surface area contributed by atoms with Crippen LogP contribution >= 0.6 is 24.0 Å². The fourth-order valence-electron chi connectivity index (χ4n) is 3.72. The molecule has 1 saturated heterocycles.